The van der Waals surface area contributed by atoms with Crippen LogP contribution in [0, 0.1) is 0 Å². The molecule has 0 radical (unpaired) electrons. The van der Waals surface area contributed by atoms with Crippen molar-refractivity contribution in [2.24, 2.45) is 4.99 Å². The molecule has 2 N–H and O–H groups in total. The molecule has 31 heavy (non-hydrogen) atoms. The molecule has 3 rings (SSSR count). The highest BCUT2D eigenvalue weighted by atomic mass is 16.5. The minimum absolute atomic E-state index is 0.0480. The fourth-order valence-corrected chi connectivity index (χ4v) is 3.55. The lowest BCUT2D eigenvalue weighted by atomic mass is 10.1. The molecular weight excluding hydrogens is 394 g/mol. The van der Waals surface area contributed by atoms with Crippen molar-refractivity contribution in [1.82, 2.24) is 20.7 Å². The van der Waals surface area contributed by atoms with Crippen LogP contribution in [0.15, 0.2) is 39.8 Å². The summed E-state index contributed by atoms with van der Waals surface area (Å²) >= 11 is 0. The number of morpholine rings is 1. The lowest BCUT2D eigenvalue weighted by molar-refractivity contribution is -0.0586. The van der Waals surface area contributed by atoms with E-state index >= 15 is 0 Å². The monoisotopic (exact) mass is 427 g/mol. The van der Waals surface area contributed by atoms with Crippen LogP contribution < -0.4 is 10.6 Å². The highest BCUT2D eigenvalue weighted by molar-refractivity contribution is 5.94. The maximum Gasteiger partial charge on any atom is 0.254 e. The number of carbonyl (C=O) groups excluding carboxylic acids is 1. The largest absolute Gasteiger partial charge is 0.372 e. The van der Waals surface area contributed by atoms with Crippen molar-refractivity contribution in [2.45, 2.75) is 58.9 Å². The van der Waals surface area contributed by atoms with Gasteiger partial charge in [0.15, 0.2) is 11.7 Å². The highest BCUT2D eigenvalue weighted by Gasteiger charge is 2.26. The number of rotatable bonds is 6. The lowest BCUT2D eigenvalue weighted by Crippen LogP contribution is -2.48. The van der Waals surface area contributed by atoms with Crippen LogP contribution >= 0.6 is 0 Å². The van der Waals surface area contributed by atoms with Crippen molar-refractivity contribution >= 4 is 11.9 Å². The van der Waals surface area contributed by atoms with E-state index in [2.05, 4.69) is 34.6 Å². The molecule has 2 unspecified atom stereocenters. The van der Waals surface area contributed by atoms with Gasteiger partial charge in [-0.05, 0) is 37.5 Å². The van der Waals surface area contributed by atoms with E-state index in [1.165, 1.54) is 0 Å². The van der Waals surface area contributed by atoms with Gasteiger partial charge in [0.1, 0.15) is 0 Å². The second kappa shape index (κ2) is 10.4. The van der Waals surface area contributed by atoms with Gasteiger partial charge in [0.2, 0.25) is 0 Å². The second-order valence-corrected chi connectivity index (χ2v) is 8.32. The number of hydrogen-bond donors (Lipinski definition) is 2. The van der Waals surface area contributed by atoms with Crippen LogP contribution in [-0.2, 0) is 17.8 Å². The third-order valence-corrected chi connectivity index (χ3v) is 5.19. The number of nitrogens with one attached hydrogen (secondary N) is 2. The molecule has 0 spiro atoms. The summed E-state index contributed by atoms with van der Waals surface area (Å²) in [6.07, 6.45) is 0.119. The van der Waals surface area contributed by atoms with Gasteiger partial charge in [-0.1, -0.05) is 31.1 Å². The number of hydrogen-bond acceptors (Lipinski definition) is 5. The summed E-state index contributed by atoms with van der Waals surface area (Å²) in [5, 5.41) is 10.6. The molecule has 0 saturated carbocycles. The van der Waals surface area contributed by atoms with E-state index in [0.717, 1.165) is 17.0 Å². The Hall–Kier alpha value is -2.87. The summed E-state index contributed by atoms with van der Waals surface area (Å²) < 4.78 is 11.1. The van der Waals surface area contributed by atoms with Crippen molar-refractivity contribution in [3.63, 3.8) is 0 Å². The zero-order valence-corrected chi connectivity index (χ0v) is 19.0. The zero-order valence-electron chi connectivity index (χ0n) is 19.0. The zero-order chi connectivity index (χ0) is 22.4. The third-order valence-electron chi connectivity index (χ3n) is 5.19. The average Bonchev–Trinajstić information content (AvgIpc) is 3.22. The van der Waals surface area contributed by atoms with E-state index in [-0.39, 0.29) is 18.1 Å². The predicted octanol–water partition coefficient (Wildman–Crippen LogP) is 2.91. The molecule has 2 aromatic rings. The Balaban J connectivity index is 1.50. The fraction of sp³-hybridized carbons (Fsp3) is 0.522. The predicted molar refractivity (Wildman–Crippen MR) is 120 cm³/mol. The molecule has 0 bridgehead atoms. The molecular formula is C23H33N5O3. The van der Waals surface area contributed by atoms with Crippen LogP contribution in [0.5, 0.6) is 0 Å². The van der Waals surface area contributed by atoms with Crippen molar-refractivity contribution in [2.75, 3.05) is 20.1 Å². The number of ether oxygens (including phenoxy) is 1. The molecule has 1 aliphatic rings. The summed E-state index contributed by atoms with van der Waals surface area (Å²) in [5.74, 6) is 1.81. The topological polar surface area (TPSA) is 92.0 Å². The van der Waals surface area contributed by atoms with Gasteiger partial charge in [0.05, 0.1) is 24.4 Å². The maximum atomic E-state index is 12.8. The Morgan fingerprint density at radius 2 is 1.81 bits per heavy atom. The molecule has 1 aromatic heterocycles. The minimum atomic E-state index is 0.0480. The van der Waals surface area contributed by atoms with E-state index < -0.39 is 0 Å². The first-order valence-electron chi connectivity index (χ1n) is 10.8. The number of aromatic nitrogens is 1. The van der Waals surface area contributed by atoms with Crippen LogP contribution in [0.1, 0.15) is 61.0 Å². The van der Waals surface area contributed by atoms with Crippen LogP contribution in [0.25, 0.3) is 0 Å². The van der Waals surface area contributed by atoms with Crippen LogP contribution in [0.4, 0.5) is 0 Å². The molecule has 1 amide bonds. The Kier molecular flexibility index (Phi) is 7.68. The molecule has 1 aromatic carbocycles. The summed E-state index contributed by atoms with van der Waals surface area (Å²) in [7, 11) is 1.72. The SMILES string of the molecule is CN=C(NCc1ccc(C(=O)N2CC(C)OC(C)C2)cc1)NCc1cc(C(C)C)no1. The van der Waals surface area contributed by atoms with E-state index in [1.54, 1.807) is 7.05 Å². The number of nitrogens with zero attached hydrogens (tertiary/aromatic N) is 3. The van der Waals surface area contributed by atoms with Gasteiger partial charge < -0.3 is 24.8 Å². The van der Waals surface area contributed by atoms with Crippen LogP contribution in [0.2, 0.25) is 0 Å². The number of aliphatic imine (C=N–C) groups is 1. The molecule has 2 atom stereocenters. The normalized spacial score (nSPS) is 19.5. The van der Waals surface area contributed by atoms with E-state index in [1.807, 2.05) is 49.1 Å². The van der Waals surface area contributed by atoms with Gasteiger partial charge in [0.25, 0.3) is 5.91 Å². The first kappa shape index (κ1) is 22.8. The molecule has 8 nitrogen and oxygen atoms in total. The average molecular weight is 428 g/mol. The molecule has 1 saturated heterocycles. The Bertz CT molecular complexity index is 881. The summed E-state index contributed by atoms with van der Waals surface area (Å²) in [4.78, 5) is 18.9. The summed E-state index contributed by atoms with van der Waals surface area (Å²) in [5.41, 5.74) is 2.69. The van der Waals surface area contributed by atoms with Crippen molar-refractivity contribution in [1.29, 1.82) is 0 Å². The van der Waals surface area contributed by atoms with Crippen LogP contribution in [0.3, 0.4) is 0 Å². The molecule has 168 valence electrons. The smallest absolute Gasteiger partial charge is 0.254 e. The van der Waals surface area contributed by atoms with Crippen LogP contribution in [-0.4, -0.2) is 54.3 Å². The Morgan fingerprint density at radius 3 is 2.39 bits per heavy atom. The quantitative estimate of drug-likeness (QED) is 0.544. The second-order valence-electron chi connectivity index (χ2n) is 8.32. The van der Waals surface area contributed by atoms with E-state index in [0.29, 0.717) is 43.6 Å². The van der Waals surface area contributed by atoms with E-state index in [4.69, 9.17) is 9.26 Å². The summed E-state index contributed by atoms with van der Waals surface area (Å²) in [6.45, 7) is 10.5. The van der Waals surface area contributed by atoms with Crippen molar-refractivity contribution in [3.05, 3.63) is 52.9 Å². The maximum absolute atomic E-state index is 12.8. The van der Waals surface area contributed by atoms with Crippen molar-refractivity contribution < 1.29 is 14.1 Å². The Labute approximate surface area is 184 Å². The Morgan fingerprint density at radius 1 is 1.16 bits per heavy atom. The van der Waals surface area contributed by atoms with E-state index in [9.17, 15) is 4.79 Å². The number of benzene rings is 1. The van der Waals surface area contributed by atoms with Gasteiger partial charge in [-0.15, -0.1) is 0 Å². The van der Waals surface area contributed by atoms with Gasteiger partial charge in [-0.25, -0.2) is 0 Å². The fourth-order valence-electron chi connectivity index (χ4n) is 3.55. The van der Waals surface area contributed by atoms with Gasteiger partial charge in [0, 0.05) is 38.3 Å². The summed E-state index contributed by atoms with van der Waals surface area (Å²) in [6, 6.07) is 9.64. The molecule has 0 aliphatic carbocycles. The number of guanidine groups is 1. The first-order chi connectivity index (χ1) is 14.9. The van der Waals surface area contributed by atoms with Crippen molar-refractivity contribution in [3.8, 4) is 0 Å². The molecule has 1 fully saturated rings. The molecule has 2 heterocycles. The minimum Gasteiger partial charge on any atom is -0.372 e. The van der Waals surface area contributed by atoms with Gasteiger partial charge in [-0.3, -0.25) is 9.79 Å². The standard InChI is InChI=1S/C23H33N5O3/c1-15(2)21-10-20(31-27-21)12-26-23(24-5)25-11-18-6-8-19(9-7-18)22(29)28-13-16(3)30-17(4)14-28/h6-10,15-17H,11-14H2,1-5H3,(H2,24,25,26). The lowest BCUT2D eigenvalue weighted by Gasteiger charge is -2.35. The molecule has 8 heteroatoms. The third kappa shape index (κ3) is 6.30. The van der Waals surface area contributed by atoms with Gasteiger partial charge >= 0.3 is 0 Å². The first-order valence-corrected chi connectivity index (χ1v) is 10.8. The van der Waals surface area contributed by atoms with Gasteiger partial charge in [-0.2, -0.15) is 0 Å². The molecule has 1 aliphatic heterocycles. The number of carbonyl (C=O) groups is 1. The number of amides is 1. The highest BCUT2D eigenvalue weighted by Crippen LogP contribution is 2.15.